The molecule has 0 saturated carbocycles. The number of anilines is 1. The average molecular weight is 449 g/mol. The normalized spacial score (nSPS) is 10.8. The zero-order valence-corrected chi connectivity index (χ0v) is 17.8. The van der Waals surface area contributed by atoms with Crippen molar-refractivity contribution in [2.45, 2.75) is 6.92 Å². The molecular formula is C24H20FN3O5. The predicted molar refractivity (Wildman–Crippen MR) is 120 cm³/mol. The maximum absolute atomic E-state index is 12.9. The van der Waals surface area contributed by atoms with Crippen LogP contribution in [0.2, 0.25) is 0 Å². The molecule has 0 unspecified atom stereocenters. The van der Waals surface area contributed by atoms with Crippen molar-refractivity contribution < 1.29 is 28.2 Å². The molecule has 2 amide bonds. The molecule has 0 bridgehead atoms. The lowest BCUT2D eigenvalue weighted by atomic mass is 10.1. The number of nitrogens with zero attached hydrogens (tertiary/aromatic N) is 1. The van der Waals surface area contributed by atoms with Gasteiger partial charge in [0, 0.05) is 11.3 Å². The Morgan fingerprint density at radius 2 is 1.55 bits per heavy atom. The number of hydrogen-bond acceptors (Lipinski definition) is 6. The van der Waals surface area contributed by atoms with Crippen LogP contribution in [0.1, 0.15) is 22.8 Å². The Balaban J connectivity index is 1.65. The molecule has 0 aliphatic heterocycles. The van der Waals surface area contributed by atoms with Crippen molar-refractivity contribution >= 4 is 29.2 Å². The van der Waals surface area contributed by atoms with Gasteiger partial charge < -0.3 is 14.8 Å². The summed E-state index contributed by atoms with van der Waals surface area (Å²) in [4.78, 5) is 36.2. The van der Waals surface area contributed by atoms with Crippen molar-refractivity contribution in [3.63, 3.8) is 0 Å². The van der Waals surface area contributed by atoms with Gasteiger partial charge in [0.1, 0.15) is 5.82 Å². The van der Waals surface area contributed by atoms with Crippen molar-refractivity contribution in [2.24, 2.45) is 5.10 Å². The Hall–Kier alpha value is -4.53. The predicted octanol–water partition coefficient (Wildman–Crippen LogP) is 3.53. The lowest BCUT2D eigenvalue weighted by molar-refractivity contribution is -0.136. The van der Waals surface area contributed by atoms with Gasteiger partial charge >= 0.3 is 17.8 Å². The molecule has 0 aliphatic carbocycles. The molecule has 3 aromatic carbocycles. The van der Waals surface area contributed by atoms with E-state index in [1.54, 1.807) is 49.4 Å². The van der Waals surface area contributed by atoms with Crippen LogP contribution in [0.3, 0.4) is 0 Å². The van der Waals surface area contributed by atoms with Gasteiger partial charge in [-0.05, 0) is 61.5 Å². The van der Waals surface area contributed by atoms with Crippen LogP contribution in [0.4, 0.5) is 10.1 Å². The zero-order chi connectivity index (χ0) is 23.8. The lowest BCUT2D eigenvalue weighted by Gasteiger charge is -2.11. The van der Waals surface area contributed by atoms with Gasteiger partial charge in [-0.25, -0.2) is 14.6 Å². The summed E-state index contributed by atoms with van der Waals surface area (Å²) in [6.45, 7) is 1.61. The molecule has 8 nitrogen and oxygen atoms in total. The highest BCUT2D eigenvalue weighted by Crippen LogP contribution is 2.29. The second-order valence-corrected chi connectivity index (χ2v) is 6.72. The first-order valence-corrected chi connectivity index (χ1v) is 9.74. The van der Waals surface area contributed by atoms with Crippen molar-refractivity contribution in [1.29, 1.82) is 0 Å². The van der Waals surface area contributed by atoms with Crippen LogP contribution >= 0.6 is 0 Å². The molecule has 0 spiro atoms. The standard InChI is InChI=1S/C24H20FN3O5/c1-15(27-28-23(30)22(29)26-19-11-9-18(25)10-12-19)17-8-13-20(21(14-17)32-2)33-24(31)16-6-4-3-5-7-16/h3-14H,1-2H3,(H,26,29)(H,28,30)/b27-15+. The van der Waals surface area contributed by atoms with Gasteiger partial charge in [0.05, 0.1) is 18.4 Å². The number of methoxy groups -OCH3 is 1. The van der Waals surface area contributed by atoms with Crippen LogP contribution in [-0.2, 0) is 9.59 Å². The highest BCUT2D eigenvalue weighted by molar-refractivity contribution is 6.39. The van der Waals surface area contributed by atoms with Crippen molar-refractivity contribution in [3.8, 4) is 11.5 Å². The summed E-state index contributed by atoms with van der Waals surface area (Å²) < 4.78 is 23.6. The van der Waals surface area contributed by atoms with E-state index in [9.17, 15) is 18.8 Å². The summed E-state index contributed by atoms with van der Waals surface area (Å²) in [5, 5.41) is 6.25. The van der Waals surface area contributed by atoms with Crippen LogP contribution in [0, 0.1) is 5.82 Å². The van der Waals surface area contributed by atoms with Gasteiger partial charge in [0.25, 0.3) is 0 Å². The van der Waals surface area contributed by atoms with Crippen molar-refractivity contribution in [3.05, 3.63) is 89.7 Å². The van der Waals surface area contributed by atoms with Gasteiger partial charge in [-0.3, -0.25) is 9.59 Å². The average Bonchev–Trinajstić information content (AvgIpc) is 2.84. The van der Waals surface area contributed by atoms with Crippen LogP contribution in [-0.4, -0.2) is 30.6 Å². The zero-order valence-electron chi connectivity index (χ0n) is 17.8. The fourth-order valence-electron chi connectivity index (χ4n) is 2.68. The van der Waals surface area contributed by atoms with E-state index in [2.05, 4.69) is 15.8 Å². The van der Waals surface area contributed by atoms with Crippen LogP contribution in [0.5, 0.6) is 11.5 Å². The number of rotatable bonds is 6. The number of esters is 1. The molecule has 0 aromatic heterocycles. The molecule has 0 atom stereocenters. The quantitative estimate of drug-likeness (QED) is 0.197. The van der Waals surface area contributed by atoms with E-state index in [-0.39, 0.29) is 17.2 Å². The Labute approximate surface area is 189 Å². The number of halogens is 1. The summed E-state index contributed by atoms with van der Waals surface area (Å²) in [7, 11) is 1.42. The molecule has 3 aromatic rings. The molecule has 0 fully saturated rings. The monoisotopic (exact) mass is 449 g/mol. The fourth-order valence-corrected chi connectivity index (χ4v) is 2.68. The highest BCUT2D eigenvalue weighted by atomic mass is 19.1. The molecule has 9 heteroatoms. The minimum atomic E-state index is -1.00. The number of benzene rings is 3. The van der Waals surface area contributed by atoms with E-state index in [0.29, 0.717) is 16.8 Å². The number of hydrogen-bond donors (Lipinski definition) is 2. The molecule has 0 heterocycles. The largest absolute Gasteiger partial charge is 0.493 e. The van der Waals surface area contributed by atoms with Crippen LogP contribution in [0.15, 0.2) is 77.9 Å². The Morgan fingerprint density at radius 3 is 2.21 bits per heavy atom. The minimum Gasteiger partial charge on any atom is -0.493 e. The molecule has 33 heavy (non-hydrogen) atoms. The molecule has 0 aliphatic rings. The van der Waals surface area contributed by atoms with E-state index < -0.39 is 23.6 Å². The van der Waals surface area contributed by atoms with Crippen molar-refractivity contribution in [1.82, 2.24) is 5.43 Å². The lowest BCUT2D eigenvalue weighted by Crippen LogP contribution is -2.32. The summed E-state index contributed by atoms with van der Waals surface area (Å²) in [5.74, 6) is -2.46. The first kappa shape index (κ1) is 23.1. The van der Waals surface area contributed by atoms with Gasteiger partial charge in [-0.15, -0.1) is 0 Å². The Kier molecular flexibility index (Phi) is 7.48. The van der Waals surface area contributed by atoms with E-state index in [0.717, 1.165) is 12.1 Å². The summed E-state index contributed by atoms with van der Waals surface area (Å²) >= 11 is 0. The molecule has 0 saturated heterocycles. The number of hydrazone groups is 1. The number of amides is 2. The second kappa shape index (κ2) is 10.7. The molecule has 3 rings (SSSR count). The molecule has 2 N–H and O–H groups in total. The topological polar surface area (TPSA) is 106 Å². The number of nitrogens with one attached hydrogen (secondary N) is 2. The third-order valence-electron chi connectivity index (χ3n) is 4.43. The number of carbonyl (C=O) groups excluding carboxylic acids is 3. The maximum atomic E-state index is 12.9. The van der Waals surface area contributed by atoms with Gasteiger partial charge in [0.2, 0.25) is 0 Å². The Morgan fingerprint density at radius 1 is 0.848 bits per heavy atom. The molecule has 168 valence electrons. The highest BCUT2D eigenvalue weighted by Gasteiger charge is 2.15. The smallest absolute Gasteiger partial charge is 0.343 e. The minimum absolute atomic E-state index is 0.214. The van der Waals surface area contributed by atoms with E-state index in [4.69, 9.17) is 9.47 Å². The molecular weight excluding hydrogens is 429 g/mol. The van der Waals surface area contributed by atoms with E-state index in [1.165, 1.54) is 25.3 Å². The van der Waals surface area contributed by atoms with Crippen molar-refractivity contribution in [2.75, 3.05) is 12.4 Å². The number of ether oxygens (including phenoxy) is 2. The Bertz CT molecular complexity index is 1190. The summed E-state index contributed by atoms with van der Waals surface area (Å²) in [6.07, 6.45) is 0. The van der Waals surface area contributed by atoms with E-state index in [1.807, 2.05) is 0 Å². The summed E-state index contributed by atoms with van der Waals surface area (Å²) in [5.41, 5.74) is 3.75. The van der Waals surface area contributed by atoms with Gasteiger partial charge in [-0.2, -0.15) is 5.10 Å². The second-order valence-electron chi connectivity index (χ2n) is 6.72. The van der Waals surface area contributed by atoms with Gasteiger partial charge in [-0.1, -0.05) is 18.2 Å². The first-order valence-electron chi connectivity index (χ1n) is 9.74. The first-order chi connectivity index (χ1) is 15.9. The maximum Gasteiger partial charge on any atom is 0.343 e. The number of carbonyl (C=O) groups is 3. The third-order valence-corrected chi connectivity index (χ3v) is 4.43. The summed E-state index contributed by atoms with van der Waals surface area (Å²) in [6, 6.07) is 18.2. The molecule has 0 radical (unpaired) electrons. The fraction of sp³-hybridized carbons (Fsp3) is 0.0833. The van der Waals surface area contributed by atoms with Gasteiger partial charge in [0.15, 0.2) is 11.5 Å². The third kappa shape index (κ3) is 6.23. The SMILES string of the molecule is COc1cc(/C(C)=N/NC(=O)C(=O)Nc2ccc(F)cc2)ccc1OC(=O)c1ccccc1. The van der Waals surface area contributed by atoms with Crippen LogP contribution in [0.25, 0.3) is 0 Å². The van der Waals surface area contributed by atoms with E-state index >= 15 is 0 Å². The van der Waals surface area contributed by atoms with Crippen LogP contribution < -0.4 is 20.2 Å².